The van der Waals surface area contributed by atoms with Crippen LogP contribution in [0.5, 0.6) is 0 Å². The van der Waals surface area contributed by atoms with Crippen molar-refractivity contribution in [2.75, 3.05) is 31.1 Å². The molecule has 1 fully saturated rings. The van der Waals surface area contributed by atoms with Crippen LogP contribution in [0.25, 0.3) is 0 Å². The second-order valence-corrected chi connectivity index (χ2v) is 5.05. The number of hydrogen-bond donors (Lipinski definition) is 3. The van der Waals surface area contributed by atoms with Crippen LogP contribution in [-0.2, 0) is 4.79 Å². The van der Waals surface area contributed by atoms with E-state index in [9.17, 15) is 9.59 Å². The quantitative estimate of drug-likeness (QED) is 0.681. The largest absolute Gasteiger partial charge is 0.356 e. The maximum Gasteiger partial charge on any atom is 0.252 e. The fraction of sp³-hybridized carbons (Fsp3) is 0.615. The molecular weight excluding hydrogens is 258 g/mol. The van der Waals surface area contributed by atoms with Gasteiger partial charge in [0.05, 0.1) is 5.92 Å². The summed E-state index contributed by atoms with van der Waals surface area (Å²) in [5.74, 6) is 1.18. The second kappa shape index (κ2) is 6.51. The van der Waals surface area contributed by atoms with Crippen LogP contribution in [0.3, 0.4) is 0 Å². The fourth-order valence-electron chi connectivity index (χ4n) is 2.46. The topological polar surface area (TPSA) is 104 Å². The minimum Gasteiger partial charge on any atom is -0.356 e. The first-order valence-corrected chi connectivity index (χ1v) is 6.91. The molecule has 1 aliphatic rings. The van der Waals surface area contributed by atoms with Crippen LogP contribution in [0.2, 0.25) is 0 Å². The van der Waals surface area contributed by atoms with E-state index in [0.29, 0.717) is 31.3 Å². The number of nitrogens with two attached hydrogens (primary N) is 1. The Balaban J connectivity index is 2.06. The molecule has 1 atom stereocenters. The van der Waals surface area contributed by atoms with Gasteiger partial charge < -0.3 is 20.9 Å². The highest BCUT2D eigenvalue weighted by molar-refractivity contribution is 5.79. The number of aryl methyl sites for hydroxylation is 1. The monoisotopic (exact) mass is 279 g/mol. The van der Waals surface area contributed by atoms with E-state index in [-0.39, 0.29) is 17.4 Å². The zero-order valence-corrected chi connectivity index (χ0v) is 11.7. The van der Waals surface area contributed by atoms with E-state index in [1.165, 1.54) is 6.07 Å². The van der Waals surface area contributed by atoms with Crippen LogP contribution in [0.15, 0.2) is 10.9 Å². The third-order valence-corrected chi connectivity index (χ3v) is 3.41. The summed E-state index contributed by atoms with van der Waals surface area (Å²) in [6.45, 7) is 4.10. The van der Waals surface area contributed by atoms with Gasteiger partial charge in [0.2, 0.25) is 5.91 Å². The van der Waals surface area contributed by atoms with Gasteiger partial charge in [0, 0.05) is 32.2 Å². The lowest BCUT2D eigenvalue weighted by Crippen LogP contribution is -2.44. The third kappa shape index (κ3) is 3.57. The first-order valence-electron chi connectivity index (χ1n) is 6.91. The molecule has 7 nitrogen and oxygen atoms in total. The summed E-state index contributed by atoms with van der Waals surface area (Å²) in [5, 5.41) is 2.82. The lowest BCUT2D eigenvalue weighted by Gasteiger charge is -2.32. The molecule has 0 aromatic carbocycles. The molecule has 0 bridgehead atoms. The SMILES string of the molecule is Cc1nc(N2CCCC(C(=O)NCCN)C2)cc(=O)[nH]1. The average Bonchev–Trinajstić information content (AvgIpc) is 2.44. The van der Waals surface area contributed by atoms with E-state index >= 15 is 0 Å². The smallest absolute Gasteiger partial charge is 0.252 e. The number of amides is 1. The lowest BCUT2D eigenvalue weighted by molar-refractivity contribution is -0.125. The Morgan fingerprint density at radius 2 is 2.45 bits per heavy atom. The van der Waals surface area contributed by atoms with Crippen LogP contribution >= 0.6 is 0 Å². The summed E-state index contributed by atoms with van der Waals surface area (Å²) in [6, 6.07) is 1.48. The maximum atomic E-state index is 12.0. The zero-order chi connectivity index (χ0) is 14.5. The summed E-state index contributed by atoms with van der Waals surface area (Å²) in [5.41, 5.74) is 5.22. The normalized spacial score (nSPS) is 18.9. The molecule has 2 heterocycles. The number of aromatic amines is 1. The van der Waals surface area contributed by atoms with E-state index in [0.717, 1.165) is 19.4 Å². The molecular formula is C13H21N5O2. The van der Waals surface area contributed by atoms with Crippen LogP contribution in [-0.4, -0.2) is 42.1 Å². The van der Waals surface area contributed by atoms with Crippen molar-refractivity contribution >= 4 is 11.7 Å². The molecule has 0 spiro atoms. The number of anilines is 1. The van der Waals surface area contributed by atoms with Crippen molar-refractivity contribution in [3.8, 4) is 0 Å². The Bertz CT molecular complexity index is 528. The molecule has 20 heavy (non-hydrogen) atoms. The van der Waals surface area contributed by atoms with Gasteiger partial charge in [0.1, 0.15) is 11.6 Å². The summed E-state index contributed by atoms with van der Waals surface area (Å²) in [6.07, 6.45) is 1.77. The van der Waals surface area contributed by atoms with Gasteiger partial charge in [-0.1, -0.05) is 0 Å². The van der Waals surface area contributed by atoms with Crippen molar-refractivity contribution in [2.24, 2.45) is 11.7 Å². The van der Waals surface area contributed by atoms with E-state index < -0.39 is 0 Å². The minimum absolute atomic E-state index is 0.0294. The number of rotatable bonds is 4. The van der Waals surface area contributed by atoms with Crippen LogP contribution in [0, 0.1) is 12.8 Å². The molecule has 1 saturated heterocycles. The number of hydrogen-bond acceptors (Lipinski definition) is 5. The molecule has 1 amide bonds. The molecule has 1 unspecified atom stereocenters. The van der Waals surface area contributed by atoms with Gasteiger partial charge in [-0.25, -0.2) is 4.98 Å². The highest BCUT2D eigenvalue weighted by Gasteiger charge is 2.26. The van der Waals surface area contributed by atoms with E-state index in [1.807, 2.05) is 4.90 Å². The van der Waals surface area contributed by atoms with Crippen LogP contribution in [0.4, 0.5) is 5.82 Å². The summed E-state index contributed by atoms with van der Waals surface area (Å²) in [7, 11) is 0. The van der Waals surface area contributed by atoms with Gasteiger partial charge in [-0.15, -0.1) is 0 Å². The third-order valence-electron chi connectivity index (χ3n) is 3.41. The van der Waals surface area contributed by atoms with E-state index in [1.54, 1.807) is 6.92 Å². The molecule has 110 valence electrons. The Kier molecular flexibility index (Phi) is 4.73. The van der Waals surface area contributed by atoms with Gasteiger partial charge in [-0.2, -0.15) is 0 Å². The Morgan fingerprint density at radius 1 is 1.65 bits per heavy atom. The molecule has 2 rings (SSSR count). The van der Waals surface area contributed by atoms with Gasteiger partial charge in [-0.3, -0.25) is 9.59 Å². The number of piperidine rings is 1. The van der Waals surface area contributed by atoms with Crippen molar-refractivity contribution in [2.45, 2.75) is 19.8 Å². The zero-order valence-electron chi connectivity index (χ0n) is 11.7. The predicted octanol–water partition coefficient (Wildman–Crippen LogP) is -0.630. The molecule has 7 heteroatoms. The number of H-pyrrole nitrogens is 1. The van der Waals surface area contributed by atoms with Crippen LogP contribution < -0.4 is 21.5 Å². The summed E-state index contributed by atoms with van der Waals surface area (Å²) < 4.78 is 0. The predicted molar refractivity (Wildman–Crippen MR) is 76.6 cm³/mol. The van der Waals surface area contributed by atoms with Crippen molar-refractivity contribution in [3.05, 3.63) is 22.2 Å². The lowest BCUT2D eigenvalue weighted by atomic mass is 9.97. The van der Waals surface area contributed by atoms with Crippen molar-refractivity contribution in [3.63, 3.8) is 0 Å². The molecule has 1 aromatic heterocycles. The number of aromatic nitrogens is 2. The number of nitrogens with zero attached hydrogens (tertiary/aromatic N) is 2. The highest BCUT2D eigenvalue weighted by atomic mass is 16.2. The van der Waals surface area contributed by atoms with Gasteiger partial charge in [0.25, 0.3) is 5.56 Å². The first-order chi connectivity index (χ1) is 9.60. The van der Waals surface area contributed by atoms with Crippen LogP contribution in [0.1, 0.15) is 18.7 Å². The van der Waals surface area contributed by atoms with Crippen molar-refractivity contribution in [1.29, 1.82) is 0 Å². The summed E-state index contributed by atoms with van der Waals surface area (Å²) in [4.78, 5) is 32.4. The standard InChI is InChI=1S/C13H21N5O2/c1-9-16-11(7-12(19)17-9)18-6-2-3-10(8-18)13(20)15-5-4-14/h7,10H,2-6,8,14H2,1H3,(H,15,20)(H,16,17,19). The molecule has 0 aliphatic carbocycles. The average molecular weight is 279 g/mol. The summed E-state index contributed by atoms with van der Waals surface area (Å²) >= 11 is 0. The number of carbonyl (C=O) groups is 1. The Hall–Kier alpha value is -1.89. The maximum absolute atomic E-state index is 12.0. The molecule has 4 N–H and O–H groups in total. The number of nitrogens with one attached hydrogen (secondary N) is 2. The van der Waals surface area contributed by atoms with Gasteiger partial charge in [-0.05, 0) is 19.8 Å². The Labute approximate surface area is 117 Å². The minimum atomic E-state index is -0.165. The molecule has 0 saturated carbocycles. The molecule has 0 radical (unpaired) electrons. The van der Waals surface area contributed by atoms with E-state index in [2.05, 4.69) is 15.3 Å². The first kappa shape index (κ1) is 14.5. The number of carbonyl (C=O) groups excluding carboxylic acids is 1. The Morgan fingerprint density at radius 3 is 3.15 bits per heavy atom. The molecule has 1 aromatic rings. The highest BCUT2D eigenvalue weighted by Crippen LogP contribution is 2.20. The van der Waals surface area contributed by atoms with Gasteiger partial charge in [0.15, 0.2) is 0 Å². The molecule has 1 aliphatic heterocycles. The second-order valence-electron chi connectivity index (χ2n) is 5.05. The van der Waals surface area contributed by atoms with Crippen molar-refractivity contribution < 1.29 is 4.79 Å². The van der Waals surface area contributed by atoms with Gasteiger partial charge >= 0.3 is 0 Å². The fourth-order valence-corrected chi connectivity index (χ4v) is 2.46. The van der Waals surface area contributed by atoms with Crippen molar-refractivity contribution in [1.82, 2.24) is 15.3 Å². The van der Waals surface area contributed by atoms with E-state index in [4.69, 9.17) is 5.73 Å².